The van der Waals surface area contributed by atoms with Crippen LogP contribution in [-0.4, -0.2) is 47.3 Å². The summed E-state index contributed by atoms with van der Waals surface area (Å²) in [4.78, 5) is 24.2. The minimum Gasteiger partial charge on any atom is -0.497 e. The lowest BCUT2D eigenvalue weighted by molar-refractivity contribution is 0.0469. The number of ether oxygens (including phenoxy) is 3. The van der Waals surface area contributed by atoms with Gasteiger partial charge in [0.25, 0.3) is 0 Å². The number of hydrogen-bond acceptors (Lipinski definition) is 7. The molecule has 23 heavy (non-hydrogen) atoms. The summed E-state index contributed by atoms with van der Waals surface area (Å²) in [6.45, 7) is 3.66. The van der Waals surface area contributed by atoms with Crippen molar-refractivity contribution in [3.8, 4) is 11.4 Å². The van der Waals surface area contributed by atoms with Gasteiger partial charge < -0.3 is 14.2 Å². The monoisotopic (exact) mass is 319 g/mol. The van der Waals surface area contributed by atoms with Crippen LogP contribution in [0.2, 0.25) is 0 Å². The Balaban J connectivity index is 2.49. The van der Waals surface area contributed by atoms with Crippen molar-refractivity contribution in [1.82, 2.24) is 15.0 Å². The largest absolute Gasteiger partial charge is 0.497 e. The maximum Gasteiger partial charge on any atom is 0.361 e. The molecule has 8 heteroatoms. The summed E-state index contributed by atoms with van der Waals surface area (Å²) in [5.41, 5.74) is 0.286. The van der Waals surface area contributed by atoms with Crippen molar-refractivity contribution in [3.63, 3.8) is 0 Å². The number of carbonyl (C=O) groups is 2. The molecule has 2 aromatic rings. The Kier molecular flexibility index (Phi) is 5.29. The van der Waals surface area contributed by atoms with Gasteiger partial charge in [-0.05, 0) is 38.1 Å². The minimum atomic E-state index is -0.727. The van der Waals surface area contributed by atoms with E-state index >= 15 is 0 Å². The van der Waals surface area contributed by atoms with Gasteiger partial charge in [0.1, 0.15) is 5.75 Å². The number of carbonyl (C=O) groups excluding carboxylic acids is 2. The third-order valence-corrected chi connectivity index (χ3v) is 2.92. The van der Waals surface area contributed by atoms with E-state index in [9.17, 15) is 9.59 Å². The molecule has 0 radical (unpaired) electrons. The zero-order chi connectivity index (χ0) is 16.8. The highest BCUT2D eigenvalue weighted by molar-refractivity contribution is 6.00. The maximum atomic E-state index is 12.2. The SMILES string of the molecule is CCOC(=O)c1nnn(-c2ccc(OC)cc2)c1C(=O)OCC. The Hall–Kier alpha value is -2.90. The lowest BCUT2D eigenvalue weighted by Gasteiger charge is -2.08. The van der Waals surface area contributed by atoms with Crippen LogP contribution in [0, 0.1) is 0 Å². The lowest BCUT2D eigenvalue weighted by Crippen LogP contribution is -2.17. The molecule has 2 rings (SSSR count). The van der Waals surface area contributed by atoms with E-state index in [1.807, 2.05) is 0 Å². The van der Waals surface area contributed by atoms with Gasteiger partial charge in [-0.15, -0.1) is 5.10 Å². The fraction of sp³-hybridized carbons (Fsp3) is 0.333. The van der Waals surface area contributed by atoms with E-state index < -0.39 is 11.9 Å². The van der Waals surface area contributed by atoms with E-state index in [-0.39, 0.29) is 24.6 Å². The number of hydrogen-bond donors (Lipinski definition) is 0. The van der Waals surface area contributed by atoms with E-state index in [1.54, 1.807) is 45.2 Å². The first-order valence-corrected chi connectivity index (χ1v) is 7.06. The van der Waals surface area contributed by atoms with Crippen LogP contribution in [0.1, 0.15) is 34.8 Å². The number of methoxy groups -OCH3 is 1. The molecule has 0 amide bonds. The van der Waals surface area contributed by atoms with Gasteiger partial charge in [-0.25, -0.2) is 14.3 Å². The molecule has 1 aromatic heterocycles. The molecule has 8 nitrogen and oxygen atoms in total. The molecular formula is C15H17N3O5. The number of esters is 2. The molecule has 0 N–H and O–H groups in total. The lowest BCUT2D eigenvalue weighted by atomic mass is 10.2. The normalized spacial score (nSPS) is 10.2. The molecule has 0 spiro atoms. The van der Waals surface area contributed by atoms with Gasteiger partial charge in [-0.1, -0.05) is 5.21 Å². The number of benzene rings is 1. The topological polar surface area (TPSA) is 92.5 Å². The van der Waals surface area contributed by atoms with Gasteiger partial charge in [0.2, 0.25) is 5.69 Å². The van der Waals surface area contributed by atoms with Crippen LogP contribution in [0.4, 0.5) is 0 Å². The quantitative estimate of drug-likeness (QED) is 0.747. The van der Waals surface area contributed by atoms with Gasteiger partial charge in [0.05, 0.1) is 26.0 Å². The first kappa shape index (κ1) is 16.5. The Bertz CT molecular complexity index is 694. The fourth-order valence-electron chi connectivity index (χ4n) is 1.91. The minimum absolute atomic E-state index is 0.0736. The Morgan fingerprint density at radius 2 is 1.65 bits per heavy atom. The summed E-state index contributed by atoms with van der Waals surface area (Å²) < 4.78 is 16.2. The predicted octanol–water partition coefficient (Wildman–Crippen LogP) is 1.63. The molecule has 0 unspecified atom stereocenters. The van der Waals surface area contributed by atoms with Crippen molar-refractivity contribution in [2.45, 2.75) is 13.8 Å². The van der Waals surface area contributed by atoms with Crippen LogP contribution in [-0.2, 0) is 9.47 Å². The highest BCUT2D eigenvalue weighted by Crippen LogP contribution is 2.18. The molecular weight excluding hydrogens is 302 g/mol. The second kappa shape index (κ2) is 7.39. The van der Waals surface area contributed by atoms with Crippen LogP contribution in [0.5, 0.6) is 5.75 Å². The molecule has 0 bridgehead atoms. The second-order valence-corrected chi connectivity index (χ2v) is 4.34. The van der Waals surface area contributed by atoms with E-state index in [1.165, 1.54) is 4.68 Å². The molecule has 0 atom stereocenters. The predicted molar refractivity (Wildman–Crippen MR) is 79.8 cm³/mol. The molecule has 0 aliphatic rings. The zero-order valence-corrected chi connectivity index (χ0v) is 13.1. The molecule has 0 saturated carbocycles. The Morgan fingerprint density at radius 3 is 2.22 bits per heavy atom. The van der Waals surface area contributed by atoms with Crippen molar-refractivity contribution in [2.24, 2.45) is 0 Å². The summed E-state index contributed by atoms with van der Waals surface area (Å²) in [5.74, 6) is -0.774. The number of aromatic nitrogens is 3. The average Bonchev–Trinajstić information content (AvgIpc) is 3.00. The van der Waals surface area contributed by atoms with E-state index in [0.717, 1.165) is 0 Å². The number of nitrogens with zero attached hydrogens (tertiary/aromatic N) is 3. The summed E-state index contributed by atoms with van der Waals surface area (Å²) in [6, 6.07) is 6.78. The van der Waals surface area contributed by atoms with E-state index in [2.05, 4.69) is 10.3 Å². The van der Waals surface area contributed by atoms with Gasteiger partial charge in [-0.2, -0.15) is 0 Å². The summed E-state index contributed by atoms with van der Waals surface area (Å²) in [5, 5.41) is 7.64. The van der Waals surface area contributed by atoms with Crippen LogP contribution in [0.15, 0.2) is 24.3 Å². The Morgan fingerprint density at radius 1 is 1.04 bits per heavy atom. The first-order chi connectivity index (χ1) is 11.1. The van der Waals surface area contributed by atoms with Gasteiger partial charge >= 0.3 is 11.9 Å². The highest BCUT2D eigenvalue weighted by Gasteiger charge is 2.28. The molecule has 0 aliphatic heterocycles. The van der Waals surface area contributed by atoms with Crippen molar-refractivity contribution in [2.75, 3.05) is 20.3 Å². The summed E-state index contributed by atoms with van der Waals surface area (Å²) >= 11 is 0. The van der Waals surface area contributed by atoms with Crippen molar-refractivity contribution >= 4 is 11.9 Å². The number of rotatable bonds is 6. The van der Waals surface area contributed by atoms with E-state index in [0.29, 0.717) is 11.4 Å². The van der Waals surface area contributed by atoms with Crippen LogP contribution in [0.3, 0.4) is 0 Å². The molecule has 1 heterocycles. The van der Waals surface area contributed by atoms with Crippen molar-refractivity contribution < 1.29 is 23.8 Å². The standard InChI is InChI=1S/C15H17N3O5/c1-4-22-14(19)12-13(15(20)23-5-2)18(17-16-12)10-6-8-11(21-3)9-7-10/h6-9H,4-5H2,1-3H3. The molecule has 122 valence electrons. The second-order valence-electron chi connectivity index (χ2n) is 4.34. The third-order valence-electron chi connectivity index (χ3n) is 2.92. The summed E-state index contributed by atoms with van der Waals surface area (Å²) in [7, 11) is 1.55. The fourth-order valence-corrected chi connectivity index (χ4v) is 1.91. The third kappa shape index (κ3) is 3.47. The maximum absolute atomic E-state index is 12.2. The van der Waals surface area contributed by atoms with Gasteiger partial charge in [0.15, 0.2) is 5.69 Å². The smallest absolute Gasteiger partial charge is 0.361 e. The van der Waals surface area contributed by atoms with Crippen LogP contribution in [0.25, 0.3) is 5.69 Å². The Labute approximate surface area is 133 Å². The average molecular weight is 319 g/mol. The molecule has 0 saturated heterocycles. The molecule has 0 fully saturated rings. The molecule has 1 aromatic carbocycles. The van der Waals surface area contributed by atoms with E-state index in [4.69, 9.17) is 14.2 Å². The highest BCUT2D eigenvalue weighted by atomic mass is 16.5. The van der Waals surface area contributed by atoms with Gasteiger partial charge in [-0.3, -0.25) is 0 Å². The van der Waals surface area contributed by atoms with Crippen LogP contribution >= 0.6 is 0 Å². The zero-order valence-electron chi connectivity index (χ0n) is 13.1. The first-order valence-electron chi connectivity index (χ1n) is 7.06. The molecule has 0 aliphatic carbocycles. The van der Waals surface area contributed by atoms with Crippen molar-refractivity contribution in [1.29, 1.82) is 0 Å². The van der Waals surface area contributed by atoms with Crippen LogP contribution < -0.4 is 4.74 Å². The summed E-state index contributed by atoms with van der Waals surface area (Å²) in [6.07, 6.45) is 0. The van der Waals surface area contributed by atoms with Gasteiger partial charge in [0, 0.05) is 0 Å². The van der Waals surface area contributed by atoms with Crippen molar-refractivity contribution in [3.05, 3.63) is 35.7 Å².